The maximum absolute atomic E-state index is 12.7. The Balaban J connectivity index is 0. The highest BCUT2D eigenvalue weighted by atomic mass is 16.5. The number of carbonyl (C=O) groups is 1. The molecule has 0 spiro atoms. The van der Waals surface area contributed by atoms with Crippen LogP contribution in [0.5, 0.6) is 0 Å². The van der Waals surface area contributed by atoms with Gasteiger partial charge in [0.15, 0.2) is 0 Å². The number of hydrogen-bond acceptors (Lipinski definition) is 5. The van der Waals surface area contributed by atoms with Gasteiger partial charge in [-0.05, 0) is 57.9 Å². The van der Waals surface area contributed by atoms with Crippen molar-refractivity contribution in [2.75, 3.05) is 26.2 Å². The molecule has 0 fully saturated rings. The van der Waals surface area contributed by atoms with Gasteiger partial charge in [0.05, 0.1) is 6.10 Å². The van der Waals surface area contributed by atoms with Crippen LogP contribution in [0, 0.1) is 0 Å². The zero-order valence-electron chi connectivity index (χ0n) is 33.6. The number of aliphatic hydroxyl groups is 2. The summed E-state index contributed by atoms with van der Waals surface area (Å²) in [5.74, 6) is 0.0106. The zero-order chi connectivity index (χ0) is 35.8. The lowest BCUT2D eigenvalue weighted by atomic mass is 10.0. The number of carbonyl (C=O) groups excluding carboxylic acids is 1. The van der Waals surface area contributed by atoms with E-state index in [4.69, 9.17) is 4.74 Å². The fraction of sp³-hybridized carbons (Fsp3) is 0.977. The van der Waals surface area contributed by atoms with E-state index < -0.39 is 0 Å². The Labute approximate surface area is 302 Å². The molecular weight excluding hydrogens is 594 g/mol. The lowest BCUT2D eigenvalue weighted by Gasteiger charge is -2.25. The maximum Gasteiger partial charge on any atom is 0.306 e. The molecule has 1 atom stereocenters. The summed E-state index contributed by atoms with van der Waals surface area (Å²) < 4.78 is 6.00. The van der Waals surface area contributed by atoms with Crippen LogP contribution in [0.25, 0.3) is 0 Å². The summed E-state index contributed by atoms with van der Waals surface area (Å²) in [6.45, 7) is 14.0. The first-order valence-corrected chi connectivity index (χ1v) is 21.7. The number of aliphatic hydroxyl groups excluding tert-OH is 2. The lowest BCUT2D eigenvalue weighted by molar-refractivity contribution is -0.150. The third-order valence-electron chi connectivity index (χ3n) is 9.61. The van der Waals surface area contributed by atoms with Gasteiger partial charge in [0, 0.05) is 26.1 Å². The van der Waals surface area contributed by atoms with E-state index in [2.05, 4.69) is 39.5 Å². The van der Waals surface area contributed by atoms with Gasteiger partial charge in [0.25, 0.3) is 0 Å². The second-order valence-electron chi connectivity index (χ2n) is 14.7. The molecular formula is C43H89NO4. The number of hydrogen-bond donors (Lipinski definition) is 2. The molecule has 0 rings (SSSR count). The van der Waals surface area contributed by atoms with Crippen LogP contribution in [0.4, 0.5) is 0 Å². The predicted octanol–water partition coefficient (Wildman–Crippen LogP) is 12.7. The van der Waals surface area contributed by atoms with Crippen LogP contribution >= 0.6 is 0 Å². The van der Waals surface area contributed by atoms with Crippen molar-refractivity contribution in [2.45, 2.75) is 246 Å². The third kappa shape index (κ3) is 39.8. The Bertz CT molecular complexity index is 583. The quantitative estimate of drug-likeness (QED) is 0.0504. The average Bonchev–Trinajstić information content (AvgIpc) is 3.08. The van der Waals surface area contributed by atoms with Crippen LogP contribution in [-0.4, -0.2) is 59.5 Å². The minimum Gasteiger partial charge on any atom is -0.462 e. The average molecular weight is 684 g/mol. The standard InChI is InChI=1S/C38H77NO4.C5H12/c1-4-7-10-13-17-22-28-36(41)35-39(33-27-34-40)32-26-21-16-20-25-31-38(42)43-37(29-23-18-14-11-8-5-2)30-24-19-15-12-9-6-3;1-3-5-4-2/h36-37,40-41H,4-35H2,1-3H3;3-5H2,1-2H3. The molecule has 5 nitrogen and oxygen atoms in total. The highest BCUT2D eigenvalue weighted by molar-refractivity contribution is 5.69. The van der Waals surface area contributed by atoms with Crippen LogP contribution in [0.1, 0.15) is 234 Å². The molecule has 2 N–H and O–H groups in total. The van der Waals surface area contributed by atoms with Gasteiger partial charge in [-0.3, -0.25) is 4.79 Å². The van der Waals surface area contributed by atoms with Crippen molar-refractivity contribution in [3.8, 4) is 0 Å². The highest BCUT2D eigenvalue weighted by Crippen LogP contribution is 2.18. The van der Waals surface area contributed by atoms with E-state index in [1.54, 1.807) is 0 Å². The number of esters is 1. The van der Waals surface area contributed by atoms with E-state index >= 15 is 0 Å². The van der Waals surface area contributed by atoms with Crippen molar-refractivity contribution in [1.29, 1.82) is 0 Å². The van der Waals surface area contributed by atoms with E-state index in [1.807, 2.05) is 0 Å². The molecule has 0 aromatic heterocycles. The number of unbranched alkanes of at least 4 members (excludes halogenated alkanes) is 21. The Morgan fingerprint density at radius 1 is 0.500 bits per heavy atom. The topological polar surface area (TPSA) is 70.0 Å². The molecule has 290 valence electrons. The molecule has 5 heteroatoms. The van der Waals surface area contributed by atoms with Crippen LogP contribution in [-0.2, 0) is 9.53 Å². The van der Waals surface area contributed by atoms with Gasteiger partial charge in [-0.1, -0.05) is 176 Å². The lowest BCUT2D eigenvalue weighted by Crippen LogP contribution is -2.34. The molecule has 0 aliphatic rings. The van der Waals surface area contributed by atoms with Gasteiger partial charge in [-0.25, -0.2) is 0 Å². The van der Waals surface area contributed by atoms with E-state index in [9.17, 15) is 15.0 Å². The van der Waals surface area contributed by atoms with E-state index in [1.165, 1.54) is 128 Å². The normalized spacial score (nSPS) is 12.0. The largest absolute Gasteiger partial charge is 0.462 e. The minimum absolute atomic E-state index is 0.0106. The molecule has 0 aliphatic heterocycles. The van der Waals surface area contributed by atoms with Gasteiger partial charge in [-0.2, -0.15) is 0 Å². The van der Waals surface area contributed by atoms with Crippen molar-refractivity contribution in [3.05, 3.63) is 0 Å². The highest BCUT2D eigenvalue weighted by Gasteiger charge is 2.15. The smallest absolute Gasteiger partial charge is 0.306 e. The molecule has 0 aliphatic carbocycles. The van der Waals surface area contributed by atoms with E-state index in [-0.39, 0.29) is 24.8 Å². The van der Waals surface area contributed by atoms with Gasteiger partial charge < -0.3 is 19.8 Å². The maximum atomic E-state index is 12.7. The van der Waals surface area contributed by atoms with Crippen molar-refractivity contribution < 1.29 is 19.7 Å². The summed E-state index contributed by atoms with van der Waals surface area (Å²) in [5, 5.41) is 19.8. The summed E-state index contributed by atoms with van der Waals surface area (Å²) in [6.07, 6.45) is 36.5. The van der Waals surface area contributed by atoms with Crippen molar-refractivity contribution in [1.82, 2.24) is 4.90 Å². The van der Waals surface area contributed by atoms with Crippen LogP contribution in [0.2, 0.25) is 0 Å². The molecule has 0 bridgehead atoms. The number of ether oxygens (including phenoxy) is 1. The van der Waals surface area contributed by atoms with Crippen LogP contribution in [0.3, 0.4) is 0 Å². The number of rotatable bonds is 37. The molecule has 0 saturated heterocycles. The molecule has 1 unspecified atom stereocenters. The van der Waals surface area contributed by atoms with Gasteiger partial charge in [0.1, 0.15) is 6.10 Å². The molecule has 0 amide bonds. The SMILES string of the molecule is CCCCC.CCCCCCCCC(O)CN(CCCO)CCCCCCCC(=O)OC(CCCCCCCC)CCCCCCCC. The Morgan fingerprint density at radius 2 is 0.896 bits per heavy atom. The zero-order valence-corrected chi connectivity index (χ0v) is 33.6. The monoisotopic (exact) mass is 684 g/mol. The van der Waals surface area contributed by atoms with E-state index in [0.717, 1.165) is 83.8 Å². The third-order valence-corrected chi connectivity index (χ3v) is 9.61. The van der Waals surface area contributed by atoms with Gasteiger partial charge >= 0.3 is 5.97 Å². The van der Waals surface area contributed by atoms with Crippen LogP contribution < -0.4 is 0 Å². The Hall–Kier alpha value is -0.650. The van der Waals surface area contributed by atoms with Gasteiger partial charge in [-0.15, -0.1) is 0 Å². The first-order valence-electron chi connectivity index (χ1n) is 21.7. The second-order valence-corrected chi connectivity index (χ2v) is 14.7. The van der Waals surface area contributed by atoms with E-state index in [0.29, 0.717) is 6.42 Å². The van der Waals surface area contributed by atoms with Gasteiger partial charge in [0.2, 0.25) is 0 Å². The Kier molecular flexibility index (Phi) is 43.8. The van der Waals surface area contributed by atoms with Crippen molar-refractivity contribution >= 4 is 5.97 Å². The molecule has 0 aromatic carbocycles. The van der Waals surface area contributed by atoms with Crippen molar-refractivity contribution in [2.24, 2.45) is 0 Å². The molecule has 0 aromatic rings. The summed E-state index contributed by atoms with van der Waals surface area (Å²) >= 11 is 0. The molecule has 0 radical (unpaired) electrons. The first kappa shape index (κ1) is 49.5. The fourth-order valence-electron chi connectivity index (χ4n) is 6.44. The summed E-state index contributed by atoms with van der Waals surface area (Å²) in [4.78, 5) is 15.0. The molecule has 48 heavy (non-hydrogen) atoms. The number of nitrogens with zero attached hydrogens (tertiary/aromatic N) is 1. The minimum atomic E-state index is -0.262. The van der Waals surface area contributed by atoms with Crippen molar-refractivity contribution in [3.63, 3.8) is 0 Å². The summed E-state index contributed by atoms with van der Waals surface area (Å²) in [7, 11) is 0. The van der Waals surface area contributed by atoms with Crippen LogP contribution in [0.15, 0.2) is 0 Å². The molecule has 0 saturated carbocycles. The fourth-order valence-corrected chi connectivity index (χ4v) is 6.44. The summed E-state index contributed by atoms with van der Waals surface area (Å²) in [6, 6.07) is 0. The molecule has 0 heterocycles. The first-order chi connectivity index (χ1) is 23.5. The predicted molar refractivity (Wildman–Crippen MR) is 211 cm³/mol. The summed E-state index contributed by atoms with van der Waals surface area (Å²) in [5.41, 5.74) is 0. The Morgan fingerprint density at radius 3 is 1.35 bits per heavy atom. The second kappa shape index (κ2) is 42.5.